The number of hydrogen-bond acceptors (Lipinski definition) is 4. The van der Waals surface area contributed by atoms with Gasteiger partial charge in [-0.15, -0.1) is 0 Å². The standard InChI is InChI=1S/C16H18O4/c1-18-15-13(14(17)16(15,19-2)20-3)11-7-10-12-8-5-4-6-9-12/h4-6,8-9,14,17H,10H2,1-3H3. The monoisotopic (exact) mass is 274 g/mol. The normalized spacial score (nSPS) is 19.9. The lowest BCUT2D eigenvalue weighted by molar-refractivity contribution is -0.262. The minimum Gasteiger partial charge on any atom is -0.494 e. The first-order valence-corrected chi connectivity index (χ1v) is 6.29. The van der Waals surface area contributed by atoms with Crippen LogP contribution in [0.2, 0.25) is 0 Å². The van der Waals surface area contributed by atoms with Crippen molar-refractivity contribution in [3.05, 3.63) is 47.2 Å². The number of methoxy groups -OCH3 is 3. The van der Waals surface area contributed by atoms with Crippen LogP contribution in [0.5, 0.6) is 0 Å². The number of rotatable bonds is 4. The van der Waals surface area contributed by atoms with Crippen molar-refractivity contribution in [1.82, 2.24) is 0 Å². The van der Waals surface area contributed by atoms with Gasteiger partial charge in [0.25, 0.3) is 5.79 Å². The third-order valence-corrected chi connectivity index (χ3v) is 3.36. The predicted molar refractivity (Wildman–Crippen MR) is 74.7 cm³/mol. The van der Waals surface area contributed by atoms with Gasteiger partial charge in [0.15, 0.2) is 11.9 Å². The number of benzene rings is 1. The molecule has 0 saturated carbocycles. The average molecular weight is 274 g/mol. The Morgan fingerprint density at radius 3 is 2.35 bits per heavy atom. The Kier molecular flexibility index (Phi) is 4.46. The molecule has 1 atom stereocenters. The smallest absolute Gasteiger partial charge is 0.260 e. The molecule has 0 radical (unpaired) electrons. The Bertz CT molecular complexity index is 547. The van der Waals surface area contributed by atoms with E-state index in [2.05, 4.69) is 11.8 Å². The van der Waals surface area contributed by atoms with E-state index in [1.807, 2.05) is 30.3 Å². The zero-order valence-electron chi connectivity index (χ0n) is 11.8. The molecule has 1 aliphatic carbocycles. The maximum Gasteiger partial charge on any atom is 0.260 e. The second-order valence-corrected chi connectivity index (χ2v) is 4.39. The molecule has 4 nitrogen and oxygen atoms in total. The van der Waals surface area contributed by atoms with E-state index in [9.17, 15) is 5.11 Å². The van der Waals surface area contributed by atoms with Gasteiger partial charge in [-0.25, -0.2) is 0 Å². The molecule has 0 spiro atoms. The fourth-order valence-corrected chi connectivity index (χ4v) is 2.25. The quantitative estimate of drug-likeness (QED) is 0.667. The summed E-state index contributed by atoms with van der Waals surface area (Å²) in [5.41, 5.74) is 1.63. The first-order valence-electron chi connectivity index (χ1n) is 6.29. The summed E-state index contributed by atoms with van der Waals surface area (Å²) in [4.78, 5) is 0. The molecule has 2 rings (SSSR count). The van der Waals surface area contributed by atoms with Gasteiger partial charge >= 0.3 is 0 Å². The Balaban J connectivity index is 2.17. The van der Waals surface area contributed by atoms with Crippen LogP contribution in [0.4, 0.5) is 0 Å². The highest BCUT2D eigenvalue weighted by Crippen LogP contribution is 2.42. The summed E-state index contributed by atoms with van der Waals surface area (Å²) in [5.74, 6) is 5.16. The van der Waals surface area contributed by atoms with Gasteiger partial charge in [-0.05, 0) is 5.56 Å². The predicted octanol–water partition coefficient (Wildman–Crippen LogP) is 1.50. The van der Waals surface area contributed by atoms with E-state index in [-0.39, 0.29) is 0 Å². The van der Waals surface area contributed by atoms with Gasteiger partial charge in [0.05, 0.1) is 12.7 Å². The van der Waals surface area contributed by atoms with Crippen molar-refractivity contribution >= 4 is 0 Å². The molecule has 1 aliphatic rings. The van der Waals surface area contributed by atoms with Crippen molar-refractivity contribution in [1.29, 1.82) is 0 Å². The average Bonchev–Trinajstić information content (AvgIpc) is 2.50. The van der Waals surface area contributed by atoms with Crippen molar-refractivity contribution < 1.29 is 19.3 Å². The zero-order chi connectivity index (χ0) is 14.6. The van der Waals surface area contributed by atoms with E-state index < -0.39 is 11.9 Å². The van der Waals surface area contributed by atoms with Crippen LogP contribution in [0.3, 0.4) is 0 Å². The molecule has 0 saturated heterocycles. The molecule has 0 fully saturated rings. The number of aliphatic hydroxyl groups is 1. The maximum absolute atomic E-state index is 10.1. The largest absolute Gasteiger partial charge is 0.494 e. The van der Waals surface area contributed by atoms with Crippen LogP contribution in [0, 0.1) is 11.8 Å². The Morgan fingerprint density at radius 2 is 1.80 bits per heavy atom. The van der Waals surface area contributed by atoms with Gasteiger partial charge in [0.1, 0.15) is 0 Å². The Hall–Kier alpha value is -1.80. The Morgan fingerprint density at radius 1 is 1.15 bits per heavy atom. The zero-order valence-corrected chi connectivity index (χ0v) is 11.8. The van der Waals surface area contributed by atoms with Crippen LogP contribution in [-0.2, 0) is 20.6 Å². The van der Waals surface area contributed by atoms with Crippen molar-refractivity contribution in [3.8, 4) is 11.8 Å². The van der Waals surface area contributed by atoms with Crippen LogP contribution >= 0.6 is 0 Å². The first-order chi connectivity index (χ1) is 9.69. The first kappa shape index (κ1) is 14.6. The van der Waals surface area contributed by atoms with Crippen LogP contribution < -0.4 is 0 Å². The fourth-order valence-electron chi connectivity index (χ4n) is 2.25. The van der Waals surface area contributed by atoms with E-state index >= 15 is 0 Å². The minimum absolute atomic E-state index is 0.426. The molecule has 4 heteroatoms. The van der Waals surface area contributed by atoms with E-state index in [1.165, 1.54) is 21.3 Å². The topological polar surface area (TPSA) is 47.9 Å². The molecular weight excluding hydrogens is 256 g/mol. The summed E-state index contributed by atoms with van der Waals surface area (Å²) in [6.07, 6.45) is -0.322. The molecule has 106 valence electrons. The van der Waals surface area contributed by atoms with Crippen molar-refractivity contribution in [2.45, 2.75) is 18.3 Å². The third kappa shape index (κ3) is 2.32. The lowest BCUT2D eigenvalue weighted by Crippen LogP contribution is -2.57. The summed E-state index contributed by atoms with van der Waals surface area (Å²) in [7, 11) is 4.42. The van der Waals surface area contributed by atoms with Gasteiger partial charge in [0, 0.05) is 20.6 Å². The SMILES string of the molecule is COC1=C(C#CCc2ccccc2)C(O)C1(OC)OC. The molecule has 0 aromatic heterocycles. The van der Waals surface area contributed by atoms with E-state index in [0.717, 1.165) is 5.56 Å². The summed E-state index contributed by atoms with van der Waals surface area (Å²) >= 11 is 0. The van der Waals surface area contributed by atoms with E-state index in [0.29, 0.717) is 17.8 Å². The molecule has 1 aromatic carbocycles. The minimum atomic E-state index is -1.23. The number of ether oxygens (including phenoxy) is 3. The summed E-state index contributed by atoms with van der Waals surface area (Å²) in [5, 5.41) is 10.1. The van der Waals surface area contributed by atoms with Crippen LogP contribution in [0.15, 0.2) is 41.7 Å². The van der Waals surface area contributed by atoms with Crippen molar-refractivity contribution in [2.24, 2.45) is 0 Å². The summed E-state index contributed by atoms with van der Waals surface area (Å²) < 4.78 is 15.7. The second kappa shape index (κ2) is 6.10. The highest BCUT2D eigenvalue weighted by Gasteiger charge is 2.56. The second-order valence-electron chi connectivity index (χ2n) is 4.39. The maximum atomic E-state index is 10.1. The summed E-state index contributed by atoms with van der Waals surface area (Å²) in [6.45, 7) is 0. The number of aliphatic hydroxyl groups excluding tert-OH is 1. The van der Waals surface area contributed by atoms with Crippen molar-refractivity contribution in [3.63, 3.8) is 0 Å². The summed E-state index contributed by atoms with van der Waals surface area (Å²) in [6, 6.07) is 9.91. The molecule has 20 heavy (non-hydrogen) atoms. The van der Waals surface area contributed by atoms with E-state index in [4.69, 9.17) is 14.2 Å². The van der Waals surface area contributed by atoms with Crippen LogP contribution in [0.25, 0.3) is 0 Å². The molecule has 0 bridgehead atoms. The Labute approximate surface area is 119 Å². The van der Waals surface area contributed by atoms with E-state index in [1.54, 1.807) is 0 Å². The van der Waals surface area contributed by atoms with Gasteiger partial charge in [-0.1, -0.05) is 42.2 Å². The van der Waals surface area contributed by atoms with Gasteiger partial charge in [-0.3, -0.25) is 0 Å². The molecule has 0 heterocycles. The molecule has 1 unspecified atom stereocenters. The highest BCUT2D eigenvalue weighted by atomic mass is 16.7. The van der Waals surface area contributed by atoms with Crippen molar-refractivity contribution in [2.75, 3.05) is 21.3 Å². The van der Waals surface area contributed by atoms with Gasteiger partial charge in [0.2, 0.25) is 0 Å². The highest BCUT2D eigenvalue weighted by molar-refractivity contribution is 5.49. The molecule has 0 amide bonds. The molecule has 1 aromatic rings. The van der Waals surface area contributed by atoms with Crippen LogP contribution in [0.1, 0.15) is 5.56 Å². The fraction of sp³-hybridized carbons (Fsp3) is 0.375. The van der Waals surface area contributed by atoms with Gasteiger partial charge in [-0.2, -0.15) is 0 Å². The molecule has 1 N–H and O–H groups in total. The lowest BCUT2D eigenvalue weighted by Gasteiger charge is -2.44. The number of hydrogen-bond donors (Lipinski definition) is 1. The van der Waals surface area contributed by atoms with Gasteiger partial charge < -0.3 is 19.3 Å². The van der Waals surface area contributed by atoms with Crippen LogP contribution in [-0.4, -0.2) is 38.3 Å². The third-order valence-electron chi connectivity index (χ3n) is 3.36. The molecular formula is C16H18O4. The molecule has 0 aliphatic heterocycles. The lowest BCUT2D eigenvalue weighted by atomic mass is 9.85.